The zero-order chi connectivity index (χ0) is 17.1. The number of benzene rings is 1. The summed E-state index contributed by atoms with van der Waals surface area (Å²) >= 11 is 5.86. The molecule has 1 aromatic carbocycles. The topological polar surface area (TPSA) is 53.9 Å². The van der Waals surface area contributed by atoms with E-state index < -0.39 is 0 Å². The lowest BCUT2D eigenvalue weighted by atomic mass is 10.1. The molecule has 3 heterocycles. The van der Waals surface area contributed by atoms with Crippen LogP contribution in [-0.4, -0.2) is 28.0 Å². The fraction of sp³-hybridized carbons (Fsp3) is 0.316. The number of nitrogens with one attached hydrogen (secondary N) is 1. The summed E-state index contributed by atoms with van der Waals surface area (Å²) in [5, 5.41) is 4.98. The van der Waals surface area contributed by atoms with Gasteiger partial charge in [-0.15, -0.1) is 0 Å². The predicted octanol–water partition coefficient (Wildman–Crippen LogP) is 4.28. The number of piperidine rings is 1. The van der Waals surface area contributed by atoms with Gasteiger partial charge < -0.3 is 10.2 Å². The first kappa shape index (κ1) is 16.1. The average Bonchev–Trinajstić information content (AvgIpc) is 2.68. The van der Waals surface area contributed by atoms with E-state index >= 15 is 0 Å². The summed E-state index contributed by atoms with van der Waals surface area (Å²) in [6.45, 7) is 2.70. The van der Waals surface area contributed by atoms with Crippen LogP contribution in [0.4, 0.5) is 11.8 Å². The van der Waals surface area contributed by atoms with E-state index in [0.29, 0.717) is 11.7 Å². The molecule has 4 rings (SSSR count). The highest BCUT2D eigenvalue weighted by Gasteiger charge is 2.16. The summed E-state index contributed by atoms with van der Waals surface area (Å²) in [6, 6.07) is 11.9. The molecule has 1 aliphatic heterocycles. The first-order valence-corrected chi connectivity index (χ1v) is 9.03. The largest absolute Gasteiger partial charge is 0.365 e. The molecule has 25 heavy (non-hydrogen) atoms. The van der Waals surface area contributed by atoms with Crippen molar-refractivity contribution in [2.75, 3.05) is 23.3 Å². The van der Waals surface area contributed by atoms with Crippen LogP contribution in [0.3, 0.4) is 0 Å². The minimum Gasteiger partial charge on any atom is -0.365 e. The molecular weight excluding hydrogens is 334 g/mol. The molecule has 1 N–H and O–H groups in total. The highest BCUT2D eigenvalue weighted by Crippen LogP contribution is 2.25. The summed E-state index contributed by atoms with van der Waals surface area (Å²) in [5.74, 6) is 1.68. The van der Waals surface area contributed by atoms with E-state index in [0.717, 1.165) is 41.3 Å². The Bertz CT molecular complexity index is 859. The van der Waals surface area contributed by atoms with Crippen molar-refractivity contribution in [3.63, 3.8) is 0 Å². The molecule has 0 bridgehead atoms. The lowest BCUT2D eigenvalue weighted by molar-refractivity contribution is 0.569. The van der Waals surface area contributed by atoms with Gasteiger partial charge in [0.05, 0.1) is 5.52 Å². The van der Waals surface area contributed by atoms with Gasteiger partial charge in [-0.2, -0.15) is 4.98 Å². The van der Waals surface area contributed by atoms with E-state index in [4.69, 9.17) is 21.6 Å². The maximum Gasteiger partial charge on any atom is 0.227 e. The van der Waals surface area contributed by atoms with E-state index in [1.54, 1.807) is 12.3 Å². The number of nitrogens with zero attached hydrogens (tertiary/aromatic N) is 4. The highest BCUT2D eigenvalue weighted by atomic mass is 35.5. The second-order valence-corrected chi connectivity index (χ2v) is 6.67. The standard InChI is InChI=1S/C19H20ClN5/c20-17-9-8-14(12-21-17)13-22-18-15-6-2-3-7-16(15)23-19(24-18)25-10-4-1-5-11-25/h2-3,6-9,12H,1,4-5,10-11,13H2,(H,22,23,24). The highest BCUT2D eigenvalue weighted by molar-refractivity contribution is 6.29. The number of halogens is 1. The van der Waals surface area contributed by atoms with E-state index in [2.05, 4.69) is 21.3 Å². The van der Waals surface area contributed by atoms with Crippen molar-refractivity contribution in [3.8, 4) is 0 Å². The monoisotopic (exact) mass is 353 g/mol. The second kappa shape index (κ2) is 7.23. The van der Waals surface area contributed by atoms with Gasteiger partial charge in [-0.1, -0.05) is 29.8 Å². The summed E-state index contributed by atoms with van der Waals surface area (Å²) in [4.78, 5) is 16.0. The Kier molecular flexibility index (Phi) is 4.65. The second-order valence-electron chi connectivity index (χ2n) is 6.28. The van der Waals surface area contributed by atoms with Crippen LogP contribution in [0.2, 0.25) is 5.15 Å². The summed E-state index contributed by atoms with van der Waals surface area (Å²) < 4.78 is 0. The summed E-state index contributed by atoms with van der Waals surface area (Å²) in [6.07, 6.45) is 5.48. The Balaban J connectivity index is 1.64. The Hall–Kier alpha value is -2.40. The zero-order valence-electron chi connectivity index (χ0n) is 14.0. The van der Waals surface area contributed by atoms with Gasteiger partial charge in [0.1, 0.15) is 11.0 Å². The van der Waals surface area contributed by atoms with E-state index in [1.165, 1.54) is 19.3 Å². The molecule has 1 aliphatic rings. The van der Waals surface area contributed by atoms with Crippen LogP contribution in [0.15, 0.2) is 42.6 Å². The maximum absolute atomic E-state index is 5.86. The Morgan fingerprint density at radius 1 is 1.00 bits per heavy atom. The van der Waals surface area contributed by atoms with Gasteiger partial charge in [-0.05, 0) is 43.0 Å². The fourth-order valence-corrected chi connectivity index (χ4v) is 3.24. The Morgan fingerprint density at radius 2 is 1.84 bits per heavy atom. The number of hydrogen-bond acceptors (Lipinski definition) is 5. The smallest absolute Gasteiger partial charge is 0.227 e. The normalized spacial score (nSPS) is 14.7. The predicted molar refractivity (Wildman–Crippen MR) is 102 cm³/mol. The van der Waals surface area contributed by atoms with Crippen LogP contribution in [0.1, 0.15) is 24.8 Å². The quantitative estimate of drug-likeness (QED) is 0.709. The van der Waals surface area contributed by atoms with E-state index in [-0.39, 0.29) is 0 Å². The molecule has 2 aromatic heterocycles. The first-order valence-electron chi connectivity index (χ1n) is 8.66. The van der Waals surface area contributed by atoms with Crippen LogP contribution in [0.5, 0.6) is 0 Å². The SMILES string of the molecule is Clc1ccc(CNc2nc(N3CCCCC3)nc3ccccc23)cn1. The van der Waals surface area contributed by atoms with Crippen LogP contribution < -0.4 is 10.2 Å². The van der Waals surface area contributed by atoms with Gasteiger partial charge >= 0.3 is 0 Å². The van der Waals surface area contributed by atoms with Crippen molar-refractivity contribution in [1.82, 2.24) is 15.0 Å². The third-order valence-corrected chi connectivity index (χ3v) is 4.70. The van der Waals surface area contributed by atoms with Crippen LogP contribution in [0, 0.1) is 0 Å². The summed E-state index contributed by atoms with van der Waals surface area (Å²) in [5.41, 5.74) is 2.03. The fourth-order valence-electron chi connectivity index (χ4n) is 3.13. The van der Waals surface area contributed by atoms with E-state index in [1.807, 2.05) is 24.3 Å². The van der Waals surface area contributed by atoms with Gasteiger partial charge in [0.25, 0.3) is 0 Å². The number of rotatable bonds is 4. The van der Waals surface area contributed by atoms with Gasteiger partial charge in [0.15, 0.2) is 0 Å². The minimum atomic E-state index is 0.503. The maximum atomic E-state index is 5.86. The molecule has 3 aromatic rings. The molecule has 0 atom stereocenters. The molecule has 0 spiro atoms. The van der Waals surface area contributed by atoms with Gasteiger partial charge in [-0.25, -0.2) is 9.97 Å². The van der Waals surface area contributed by atoms with Gasteiger partial charge in [0, 0.05) is 31.2 Å². The van der Waals surface area contributed by atoms with Crippen LogP contribution >= 0.6 is 11.6 Å². The number of pyridine rings is 1. The number of hydrogen-bond donors (Lipinski definition) is 1. The molecule has 0 saturated carbocycles. The van der Waals surface area contributed by atoms with Gasteiger partial charge in [-0.3, -0.25) is 0 Å². The van der Waals surface area contributed by atoms with Crippen molar-refractivity contribution in [2.24, 2.45) is 0 Å². The van der Waals surface area contributed by atoms with Crippen molar-refractivity contribution in [3.05, 3.63) is 53.3 Å². The molecule has 0 amide bonds. The van der Waals surface area contributed by atoms with Crippen LogP contribution in [-0.2, 0) is 6.54 Å². The molecule has 1 saturated heterocycles. The van der Waals surface area contributed by atoms with Crippen molar-refractivity contribution >= 4 is 34.3 Å². The molecule has 1 fully saturated rings. The third kappa shape index (κ3) is 3.66. The van der Waals surface area contributed by atoms with Gasteiger partial charge in [0.2, 0.25) is 5.95 Å². The molecule has 0 unspecified atom stereocenters. The minimum absolute atomic E-state index is 0.503. The lowest BCUT2D eigenvalue weighted by Gasteiger charge is -2.27. The lowest BCUT2D eigenvalue weighted by Crippen LogP contribution is -2.31. The van der Waals surface area contributed by atoms with Crippen molar-refractivity contribution < 1.29 is 0 Å². The van der Waals surface area contributed by atoms with Crippen molar-refractivity contribution in [2.45, 2.75) is 25.8 Å². The molecule has 6 heteroatoms. The summed E-state index contributed by atoms with van der Waals surface area (Å²) in [7, 11) is 0. The number of fused-ring (bicyclic) bond motifs is 1. The number of aromatic nitrogens is 3. The average molecular weight is 354 g/mol. The van der Waals surface area contributed by atoms with E-state index in [9.17, 15) is 0 Å². The molecule has 0 radical (unpaired) electrons. The molecule has 5 nitrogen and oxygen atoms in total. The van der Waals surface area contributed by atoms with Crippen molar-refractivity contribution in [1.29, 1.82) is 0 Å². The Morgan fingerprint density at radius 3 is 2.64 bits per heavy atom. The number of para-hydroxylation sites is 1. The molecular formula is C19H20ClN5. The molecule has 0 aliphatic carbocycles. The zero-order valence-corrected chi connectivity index (χ0v) is 14.7. The first-order chi connectivity index (χ1) is 12.3. The Labute approximate surface area is 152 Å². The van der Waals surface area contributed by atoms with Crippen LogP contribution in [0.25, 0.3) is 10.9 Å². The third-order valence-electron chi connectivity index (χ3n) is 4.48. The number of anilines is 2. The molecule has 128 valence electrons.